The number of amides is 1. The van der Waals surface area contributed by atoms with Crippen molar-refractivity contribution in [1.29, 1.82) is 0 Å². The number of fused-ring (bicyclic) bond motifs is 1. The summed E-state index contributed by atoms with van der Waals surface area (Å²) < 4.78 is 15.9. The molecule has 17 heavy (non-hydrogen) atoms. The molecule has 2 aliphatic heterocycles. The maximum Gasteiger partial charge on any atom is 0.296 e. The van der Waals surface area contributed by atoms with Gasteiger partial charge in [-0.3, -0.25) is 4.79 Å². The largest absolute Gasteiger partial charge is 0.486 e. The van der Waals surface area contributed by atoms with Gasteiger partial charge in [0.15, 0.2) is 11.5 Å². The van der Waals surface area contributed by atoms with Gasteiger partial charge in [0, 0.05) is 5.56 Å². The zero-order valence-corrected chi connectivity index (χ0v) is 8.88. The summed E-state index contributed by atoms with van der Waals surface area (Å²) in [5, 5.41) is 0. The number of nitrogens with two attached hydrogens (primary N) is 1. The Labute approximate surface area is 97.0 Å². The second-order valence-electron chi connectivity index (χ2n) is 3.69. The summed E-state index contributed by atoms with van der Waals surface area (Å²) in [6.45, 7) is 1.02. The Morgan fingerprint density at radius 3 is 2.71 bits per heavy atom. The van der Waals surface area contributed by atoms with Crippen molar-refractivity contribution in [3.05, 3.63) is 23.8 Å². The van der Waals surface area contributed by atoms with E-state index in [2.05, 4.69) is 4.99 Å². The van der Waals surface area contributed by atoms with Gasteiger partial charge in [0.2, 0.25) is 6.10 Å². The summed E-state index contributed by atoms with van der Waals surface area (Å²) in [5.74, 6) is 0.870. The first-order valence-electron chi connectivity index (χ1n) is 5.18. The van der Waals surface area contributed by atoms with Gasteiger partial charge in [-0.15, -0.1) is 0 Å². The highest BCUT2D eigenvalue weighted by molar-refractivity contribution is 5.98. The molecule has 3 rings (SSSR count). The number of nitrogens with zero attached hydrogens (tertiary/aromatic N) is 1. The summed E-state index contributed by atoms with van der Waals surface area (Å²) in [5.41, 5.74) is 6.00. The van der Waals surface area contributed by atoms with E-state index in [1.54, 1.807) is 18.2 Å². The zero-order chi connectivity index (χ0) is 11.8. The summed E-state index contributed by atoms with van der Waals surface area (Å²) in [6, 6.07) is 5.10. The van der Waals surface area contributed by atoms with Crippen LogP contribution < -0.4 is 15.2 Å². The molecule has 0 aliphatic carbocycles. The summed E-state index contributed by atoms with van der Waals surface area (Å²) in [7, 11) is 0. The van der Waals surface area contributed by atoms with Crippen LogP contribution in [0, 0.1) is 0 Å². The lowest BCUT2D eigenvalue weighted by Gasteiger charge is -2.19. The number of benzene rings is 1. The number of ether oxygens (including phenoxy) is 3. The van der Waals surface area contributed by atoms with Gasteiger partial charge in [-0.05, 0) is 12.1 Å². The molecule has 1 unspecified atom stereocenters. The Kier molecular flexibility index (Phi) is 2.14. The SMILES string of the molecule is NC1=NC(=O)C(c2ccc3c(c2)OCCO3)O1. The molecule has 1 amide bonds. The standard InChI is InChI=1S/C11H10N2O4/c12-11-13-10(14)9(17-11)6-1-2-7-8(5-6)16-4-3-15-7/h1-2,5,9H,3-4H2,(H2,12,13,14). The topological polar surface area (TPSA) is 83.1 Å². The highest BCUT2D eigenvalue weighted by Crippen LogP contribution is 2.34. The predicted octanol–water partition coefficient (Wildman–Crippen LogP) is 0.370. The molecule has 0 bridgehead atoms. The molecule has 0 fully saturated rings. The van der Waals surface area contributed by atoms with E-state index in [4.69, 9.17) is 19.9 Å². The summed E-state index contributed by atoms with van der Waals surface area (Å²) in [6.07, 6.45) is -0.772. The fraction of sp³-hybridized carbons (Fsp3) is 0.273. The Morgan fingerprint density at radius 2 is 2.00 bits per heavy atom. The van der Waals surface area contributed by atoms with Crippen LogP contribution in [0.3, 0.4) is 0 Å². The van der Waals surface area contributed by atoms with Crippen molar-refractivity contribution in [2.45, 2.75) is 6.10 Å². The van der Waals surface area contributed by atoms with Crippen LogP contribution in [0.2, 0.25) is 0 Å². The fourth-order valence-electron chi connectivity index (χ4n) is 1.80. The van der Waals surface area contributed by atoms with E-state index >= 15 is 0 Å². The van der Waals surface area contributed by atoms with Crippen LogP contribution in [0.4, 0.5) is 0 Å². The maximum absolute atomic E-state index is 11.5. The molecule has 1 aromatic carbocycles. The average Bonchev–Trinajstić information content (AvgIpc) is 2.68. The number of amidine groups is 1. The van der Waals surface area contributed by atoms with Crippen molar-refractivity contribution < 1.29 is 19.0 Å². The lowest BCUT2D eigenvalue weighted by molar-refractivity contribution is -0.122. The van der Waals surface area contributed by atoms with Crippen LogP contribution in [-0.4, -0.2) is 25.1 Å². The fourth-order valence-corrected chi connectivity index (χ4v) is 1.80. The van der Waals surface area contributed by atoms with E-state index in [9.17, 15) is 4.79 Å². The lowest BCUT2D eigenvalue weighted by Crippen LogP contribution is -2.17. The lowest BCUT2D eigenvalue weighted by atomic mass is 10.1. The van der Waals surface area contributed by atoms with Gasteiger partial charge >= 0.3 is 0 Å². The maximum atomic E-state index is 11.5. The molecular formula is C11H10N2O4. The third-order valence-electron chi connectivity index (χ3n) is 2.55. The van der Waals surface area contributed by atoms with E-state index in [0.717, 1.165) is 0 Å². The molecule has 0 aromatic heterocycles. The third kappa shape index (κ3) is 1.67. The molecule has 88 valence electrons. The van der Waals surface area contributed by atoms with Crippen LogP contribution in [-0.2, 0) is 9.53 Å². The number of aliphatic imine (C=N–C) groups is 1. The van der Waals surface area contributed by atoms with Gasteiger partial charge in [0.25, 0.3) is 11.9 Å². The molecular weight excluding hydrogens is 224 g/mol. The highest BCUT2D eigenvalue weighted by atomic mass is 16.6. The molecule has 0 spiro atoms. The van der Waals surface area contributed by atoms with Gasteiger partial charge < -0.3 is 19.9 Å². The molecule has 1 aromatic rings. The molecule has 2 N–H and O–H groups in total. The van der Waals surface area contributed by atoms with Gasteiger partial charge in [-0.25, -0.2) is 0 Å². The summed E-state index contributed by atoms with van der Waals surface area (Å²) >= 11 is 0. The number of carbonyl (C=O) groups excluding carboxylic acids is 1. The molecule has 2 aliphatic rings. The monoisotopic (exact) mass is 234 g/mol. The third-order valence-corrected chi connectivity index (χ3v) is 2.55. The minimum atomic E-state index is -0.772. The Hall–Kier alpha value is -2.24. The quantitative estimate of drug-likeness (QED) is 0.759. The second-order valence-corrected chi connectivity index (χ2v) is 3.69. The van der Waals surface area contributed by atoms with E-state index in [-0.39, 0.29) is 6.02 Å². The minimum absolute atomic E-state index is 0.102. The molecule has 0 saturated heterocycles. The smallest absolute Gasteiger partial charge is 0.296 e. The second kappa shape index (κ2) is 3.65. The van der Waals surface area contributed by atoms with Gasteiger partial charge in [0.1, 0.15) is 13.2 Å². The van der Waals surface area contributed by atoms with Crippen molar-refractivity contribution in [2.75, 3.05) is 13.2 Å². The van der Waals surface area contributed by atoms with E-state index in [1.807, 2.05) is 0 Å². The van der Waals surface area contributed by atoms with Crippen LogP contribution in [0.15, 0.2) is 23.2 Å². The highest BCUT2D eigenvalue weighted by Gasteiger charge is 2.30. The normalized spacial score (nSPS) is 22.0. The molecule has 0 saturated carbocycles. The van der Waals surface area contributed by atoms with Crippen LogP contribution in [0.5, 0.6) is 11.5 Å². The first-order valence-corrected chi connectivity index (χ1v) is 5.18. The molecule has 6 nitrogen and oxygen atoms in total. The van der Waals surface area contributed by atoms with Crippen LogP contribution in [0.1, 0.15) is 11.7 Å². The number of carbonyl (C=O) groups is 1. The number of hydrogen-bond acceptors (Lipinski definition) is 5. The Balaban J connectivity index is 1.92. The number of hydrogen-bond donors (Lipinski definition) is 1. The molecule has 2 heterocycles. The van der Waals surface area contributed by atoms with Crippen molar-refractivity contribution in [3.63, 3.8) is 0 Å². The van der Waals surface area contributed by atoms with Crippen molar-refractivity contribution in [2.24, 2.45) is 10.7 Å². The minimum Gasteiger partial charge on any atom is -0.486 e. The number of rotatable bonds is 1. The Bertz CT molecular complexity index is 512. The predicted molar refractivity (Wildman–Crippen MR) is 57.9 cm³/mol. The Morgan fingerprint density at radius 1 is 1.24 bits per heavy atom. The van der Waals surface area contributed by atoms with Crippen LogP contribution in [0.25, 0.3) is 0 Å². The summed E-state index contributed by atoms with van der Waals surface area (Å²) in [4.78, 5) is 15.0. The first kappa shape index (κ1) is 9.95. The zero-order valence-electron chi connectivity index (χ0n) is 8.88. The van der Waals surface area contributed by atoms with Crippen molar-refractivity contribution >= 4 is 11.9 Å². The van der Waals surface area contributed by atoms with Crippen molar-refractivity contribution in [1.82, 2.24) is 0 Å². The first-order chi connectivity index (χ1) is 8.24. The molecule has 1 atom stereocenters. The molecule has 6 heteroatoms. The van der Waals surface area contributed by atoms with Gasteiger partial charge in [0.05, 0.1) is 0 Å². The van der Waals surface area contributed by atoms with E-state index in [0.29, 0.717) is 30.3 Å². The molecule has 0 radical (unpaired) electrons. The van der Waals surface area contributed by atoms with Crippen molar-refractivity contribution in [3.8, 4) is 11.5 Å². The van der Waals surface area contributed by atoms with Gasteiger partial charge in [-0.2, -0.15) is 4.99 Å². The van der Waals surface area contributed by atoms with Crippen LogP contribution >= 0.6 is 0 Å². The van der Waals surface area contributed by atoms with Gasteiger partial charge in [-0.1, -0.05) is 6.07 Å². The van der Waals surface area contributed by atoms with E-state index < -0.39 is 12.0 Å². The van der Waals surface area contributed by atoms with E-state index in [1.165, 1.54) is 0 Å². The average molecular weight is 234 g/mol.